The Kier molecular flexibility index (Phi) is 6.48. The Morgan fingerprint density at radius 2 is 1.97 bits per heavy atom. The molecule has 0 aliphatic heterocycles. The van der Waals surface area contributed by atoms with E-state index in [1.807, 2.05) is 31.2 Å². The van der Waals surface area contributed by atoms with Gasteiger partial charge in [0.05, 0.1) is 24.1 Å². The third-order valence-corrected chi connectivity index (χ3v) is 5.73. The summed E-state index contributed by atoms with van der Waals surface area (Å²) in [6.07, 6.45) is 0. The molecule has 0 fully saturated rings. The summed E-state index contributed by atoms with van der Waals surface area (Å²) in [5.74, 6) is 0.352. The van der Waals surface area contributed by atoms with E-state index in [4.69, 9.17) is 9.26 Å². The van der Waals surface area contributed by atoms with Gasteiger partial charge in [0.2, 0.25) is 21.7 Å². The van der Waals surface area contributed by atoms with Crippen molar-refractivity contribution in [2.24, 2.45) is 0 Å². The van der Waals surface area contributed by atoms with Gasteiger partial charge in [-0.25, -0.2) is 13.1 Å². The average molecular weight is 430 g/mol. The summed E-state index contributed by atoms with van der Waals surface area (Å²) in [5, 5.41) is 6.54. The summed E-state index contributed by atoms with van der Waals surface area (Å²) in [6.45, 7) is 3.90. The van der Waals surface area contributed by atoms with Crippen LogP contribution in [0, 0.1) is 6.92 Å². The van der Waals surface area contributed by atoms with E-state index in [-0.39, 0.29) is 28.6 Å². The second-order valence-corrected chi connectivity index (χ2v) is 8.14. The molecule has 2 aromatic carbocycles. The van der Waals surface area contributed by atoms with Gasteiger partial charge >= 0.3 is 0 Å². The van der Waals surface area contributed by atoms with Crippen molar-refractivity contribution < 1.29 is 22.5 Å². The summed E-state index contributed by atoms with van der Waals surface area (Å²) in [6, 6.07) is 11.6. The van der Waals surface area contributed by atoms with Crippen LogP contribution in [0.1, 0.15) is 28.7 Å². The third kappa shape index (κ3) is 4.66. The zero-order valence-corrected chi connectivity index (χ0v) is 17.6. The van der Waals surface area contributed by atoms with Crippen LogP contribution >= 0.6 is 0 Å². The number of carbonyl (C=O) groups is 1. The fourth-order valence-corrected chi connectivity index (χ4v) is 3.79. The first-order valence-corrected chi connectivity index (χ1v) is 10.7. The molecule has 1 amide bonds. The predicted octanol–water partition coefficient (Wildman–Crippen LogP) is 2.28. The Hall–Kier alpha value is -3.24. The van der Waals surface area contributed by atoms with Crippen molar-refractivity contribution in [2.75, 3.05) is 13.7 Å². The van der Waals surface area contributed by atoms with Crippen LogP contribution in [0.3, 0.4) is 0 Å². The van der Waals surface area contributed by atoms with Crippen molar-refractivity contribution in [2.45, 2.75) is 25.3 Å². The molecule has 3 rings (SSSR count). The molecule has 10 heteroatoms. The van der Waals surface area contributed by atoms with Gasteiger partial charge in [-0.2, -0.15) is 4.98 Å². The van der Waals surface area contributed by atoms with Crippen molar-refractivity contribution in [1.82, 2.24) is 20.2 Å². The van der Waals surface area contributed by atoms with Crippen LogP contribution in [0.5, 0.6) is 5.75 Å². The van der Waals surface area contributed by atoms with Gasteiger partial charge in [0, 0.05) is 12.1 Å². The Morgan fingerprint density at radius 1 is 1.20 bits per heavy atom. The quantitative estimate of drug-likeness (QED) is 0.562. The number of ether oxygens (including phenoxy) is 1. The Bertz CT molecular complexity index is 1160. The number of methoxy groups -OCH3 is 1. The van der Waals surface area contributed by atoms with Crippen molar-refractivity contribution >= 4 is 15.9 Å². The number of sulfonamides is 1. The Balaban J connectivity index is 1.78. The minimum Gasteiger partial charge on any atom is -0.496 e. The monoisotopic (exact) mass is 430 g/mol. The average Bonchev–Trinajstić information content (AvgIpc) is 3.21. The smallest absolute Gasteiger partial charge is 0.255 e. The molecule has 0 radical (unpaired) electrons. The van der Waals surface area contributed by atoms with E-state index in [1.165, 1.54) is 25.3 Å². The molecule has 0 saturated carbocycles. The molecule has 0 spiro atoms. The molecule has 0 unspecified atom stereocenters. The third-order valence-electron chi connectivity index (χ3n) is 4.33. The molecule has 0 bridgehead atoms. The molecular weight excluding hydrogens is 408 g/mol. The second kappa shape index (κ2) is 9.06. The zero-order chi connectivity index (χ0) is 21.7. The fourth-order valence-electron chi connectivity index (χ4n) is 2.79. The van der Waals surface area contributed by atoms with E-state index in [1.54, 1.807) is 6.92 Å². The van der Waals surface area contributed by atoms with Gasteiger partial charge < -0.3 is 14.6 Å². The van der Waals surface area contributed by atoms with Gasteiger partial charge in [-0.05, 0) is 37.6 Å². The Morgan fingerprint density at radius 3 is 2.67 bits per heavy atom. The maximum atomic E-state index is 12.7. The van der Waals surface area contributed by atoms with Gasteiger partial charge in [-0.3, -0.25) is 4.79 Å². The van der Waals surface area contributed by atoms with Crippen LogP contribution in [0.4, 0.5) is 0 Å². The summed E-state index contributed by atoms with van der Waals surface area (Å²) >= 11 is 0. The number of amides is 1. The maximum absolute atomic E-state index is 12.7. The van der Waals surface area contributed by atoms with Gasteiger partial charge in [0.25, 0.3) is 5.91 Å². The number of aryl methyl sites for hydroxylation is 1. The van der Waals surface area contributed by atoms with Crippen LogP contribution in [0.15, 0.2) is 51.9 Å². The van der Waals surface area contributed by atoms with E-state index in [0.29, 0.717) is 12.4 Å². The summed E-state index contributed by atoms with van der Waals surface area (Å²) < 4.78 is 38.1. The topological polar surface area (TPSA) is 123 Å². The van der Waals surface area contributed by atoms with Crippen LogP contribution in [-0.4, -0.2) is 38.1 Å². The van der Waals surface area contributed by atoms with Crippen LogP contribution < -0.4 is 14.8 Å². The number of aromatic nitrogens is 2. The number of carbonyl (C=O) groups excluding carboxylic acids is 1. The lowest BCUT2D eigenvalue weighted by molar-refractivity contribution is 0.0952. The number of nitrogens with one attached hydrogen (secondary N) is 2. The molecule has 1 aromatic heterocycles. The molecule has 0 aliphatic carbocycles. The number of nitrogens with zero attached hydrogens (tertiary/aromatic N) is 2. The maximum Gasteiger partial charge on any atom is 0.255 e. The highest BCUT2D eigenvalue weighted by Crippen LogP contribution is 2.23. The standard InChI is InChI=1S/C20H22N4O5S/c1-4-21-20(25)16-11-14(9-10-17(16)28-3)30(26,27)22-12-18-23-19(24-29-18)15-8-6-5-7-13(15)2/h5-11,22H,4,12H2,1-3H3,(H,21,25). The lowest BCUT2D eigenvalue weighted by atomic mass is 10.1. The second-order valence-electron chi connectivity index (χ2n) is 6.37. The highest BCUT2D eigenvalue weighted by Gasteiger charge is 2.21. The normalized spacial score (nSPS) is 11.3. The van der Waals surface area contributed by atoms with Crippen LogP contribution in [-0.2, 0) is 16.6 Å². The van der Waals surface area contributed by atoms with Crippen LogP contribution in [0.2, 0.25) is 0 Å². The van der Waals surface area contributed by atoms with Gasteiger partial charge in [0.15, 0.2) is 0 Å². The van der Waals surface area contributed by atoms with E-state index in [9.17, 15) is 13.2 Å². The first-order valence-electron chi connectivity index (χ1n) is 9.20. The van der Waals surface area contributed by atoms with Crippen molar-refractivity contribution in [3.63, 3.8) is 0 Å². The van der Waals surface area contributed by atoms with Gasteiger partial charge in [0.1, 0.15) is 5.75 Å². The minimum absolute atomic E-state index is 0.0804. The first-order chi connectivity index (χ1) is 14.4. The lowest BCUT2D eigenvalue weighted by Gasteiger charge is -2.11. The molecule has 158 valence electrons. The molecular formula is C20H22N4O5S. The minimum atomic E-state index is -3.93. The summed E-state index contributed by atoms with van der Waals surface area (Å²) in [5.41, 5.74) is 1.90. The van der Waals surface area contributed by atoms with Crippen molar-refractivity contribution in [3.8, 4) is 17.1 Å². The zero-order valence-electron chi connectivity index (χ0n) is 16.8. The summed E-state index contributed by atoms with van der Waals surface area (Å²) in [4.78, 5) is 16.4. The molecule has 30 heavy (non-hydrogen) atoms. The molecule has 0 atom stereocenters. The Labute approximate surface area is 174 Å². The van der Waals surface area contributed by atoms with Gasteiger partial charge in [-0.15, -0.1) is 0 Å². The summed E-state index contributed by atoms with van der Waals surface area (Å²) in [7, 11) is -2.52. The number of rotatable bonds is 8. The highest BCUT2D eigenvalue weighted by atomic mass is 32.2. The highest BCUT2D eigenvalue weighted by molar-refractivity contribution is 7.89. The number of hydrogen-bond acceptors (Lipinski definition) is 7. The van der Waals surface area contributed by atoms with Crippen LogP contribution in [0.25, 0.3) is 11.4 Å². The molecule has 9 nitrogen and oxygen atoms in total. The molecule has 0 saturated heterocycles. The molecule has 0 aliphatic rings. The SMILES string of the molecule is CCNC(=O)c1cc(S(=O)(=O)NCc2nc(-c3ccccc3C)no2)ccc1OC. The molecule has 1 heterocycles. The van der Waals surface area contributed by atoms with Crippen molar-refractivity contribution in [1.29, 1.82) is 0 Å². The lowest BCUT2D eigenvalue weighted by Crippen LogP contribution is -2.26. The largest absolute Gasteiger partial charge is 0.496 e. The van der Waals surface area contributed by atoms with E-state index in [0.717, 1.165) is 11.1 Å². The molecule has 3 aromatic rings. The molecule has 2 N–H and O–H groups in total. The number of benzene rings is 2. The van der Waals surface area contributed by atoms with E-state index >= 15 is 0 Å². The fraction of sp³-hybridized carbons (Fsp3) is 0.250. The van der Waals surface area contributed by atoms with E-state index < -0.39 is 15.9 Å². The van der Waals surface area contributed by atoms with E-state index in [2.05, 4.69) is 20.2 Å². The van der Waals surface area contributed by atoms with Crippen molar-refractivity contribution in [3.05, 3.63) is 59.5 Å². The first kappa shape index (κ1) is 21.5. The predicted molar refractivity (Wildman–Crippen MR) is 109 cm³/mol. The van der Waals surface area contributed by atoms with Gasteiger partial charge in [-0.1, -0.05) is 29.4 Å². The number of hydrogen-bond donors (Lipinski definition) is 2.